The van der Waals surface area contributed by atoms with Gasteiger partial charge in [0.05, 0.1) is 9.82 Å². The molecule has 3 rings (SSSR count). The normalized spacial score (nSPS) is 15.2. The Morgan fingerprint density at radius 1 is 0.926 bits per heavy atom. The molecule has 1 aliphatic heterocycles. The van der Waals surface area contributed by atoms with Crippen molar-refractivity contribution in [2.45, 2.75) is 10.7 Å². The molecule has 0 radical (unpaired) electrons. The van der Waals surface area contributed by atoms with Gasteiger partial charge in [0, 0.05) is 37.9 Å². The highest BCUT2D eigenvalue weighted by atomic mass is 32.2. The van der Waals surface area contributed by atoms with Crippen molar-refractivity contribution in [1.82, 2.24) is 0 Å². The number of alkyl halides is 2. The predicted octanol–water partition coefficient (Wildman–Crippen LogP) is 2.92. The standard InChI is InChI=1S/C17H17F2N3O4S/c18-17(19)27(25,26)14-7-5-13(6-8-14)20-9-11-21(12-10-20)15-3-1-2-4-16(15)22(23)24/h1-8,17H,9-12H2. The smallest absolute Gasteiger partial charge is 0.341 e. The molecule has 10 heteroatoms. The average molecular weight is 397 g/mol. The molecule has 2 aromatic rings. The predicted molar refractivity (Wildman–Crippen MR) is 97.2 cm³/mol. The zero-order chi connectivity index (χ0) is 19.6. The Morgan fingerprint density at radius 3 is 2.04 bits per heavy atom. The summed E-state index contributed by atoms with van der Waals surface area (Å²) < 4.78 is 48.2. The second-order valence-corrected chi connectivity index (χ2v) is 7.94. The van der Waals surface area contributed by atoms with E-state index < -0.39 is 25.4 Å². The van der Waals surface area contributed by atoms with Gasteiger partial charge in [-0.3, -0.25) is 10.1 Å². The minimum Gasteiger partial charge on any atom is -0.368 e. The first-order chi connectivity index (χ1) is 12.8. The molecule has 0 aromatic heterocycles. The first-order valence-electron chi connectivity index (χ1n) is 8.16. The maximum atomic E-state index is 12.6. The molecule has 0 aliphatic carbocycles. The van der Waals surface area contributed by atoms with Crippen molar-refractivity contribution in [3.05, 3.63) is 58.6 Å². The molecular formula is C17H17F2N3O4S. The summed E-state index contributed by atoms with van der Waals surface area (Å²) in [4.78, 5) is 14.2. The van der Waals surface area contributed by atoms with Crippen LogP contribution in [0.25, 0.3) is 0 Å². The summed E-state index contributed by atoms with van der Waals surface area (Å²) in [7, 11) is -4.61. The average Bonchev–Trinajstić information content (AvgIpc) is 2.68. The van der Waals surface area contributed by atoms with Gasteiger partial charge in [-0.15, -0.1) is 0 Å². The molecule has 0 spiro atoms. The number of anilines is 2. The van der Waals surface area contributed by atoms with Crippen LogP contribution in [-0.2, 0) is 9.84 Å². The summed E-state index contributed by atoms with van der Waals surface area (Å²) in [5.41, 5.74) is 1.32. The second-order valence-electron chi connectivity index (χ2n) is 6.02. The fourth-order valence-corrected chi connectivity index (χ4v) is 3.76. The summed E-state index contributed by atoms with van der Waals surface area (Å²) in [6.07, 6.45) is 0. The monoisotopic (exact) mass is 397 g/mol. The maximum absolute atomic E-state index is 12.6. The summed E-state index contributed by atoms with van der Waals surface area (Å²) >= 11 is 0. The van der Waals surface area contributed by atoms with Crippen LogP contribution in [0.3, 0.4) is 0 Å². The zero-order valence-corrected chi connectivity index (χ0v) is 15.0. The number of rotatable bonds is 5. The lowest BCUT2D eigenvalue weighted by molar-refractivity contribution is -0.384. The summed E-state index contributed by atoms with van der Waals surface area (Å²) in [6.45, 7) is 2.21. The number of hydrogen-bond acceptors (Lipinski definition) is 6. The maximum Gasteiger partial charge on any atom is 0.341 e. The molecule has 0 bridgehead atoms. The van der Waals surface area contributed by atoms with E-state index in [2.05, 4.69) is 0 Å². The van der Waals surface area contributed by atoms with E-state index in [4.69, 9.17) is 0 Å². The number of hydrogen-bond donors (Lipinski definition) is 0. The summed E-state index contributed by atoms with van der Waals surface area (Å²) in [5, 5.41) is 11.2. The van der Waals surface area contributed by atoms with Crippen molar-refractivity contribution in [1.29, 1.82) is 0 Å². The van der Waals surface area contributed by atoms with Crippen LogP contribution in [0.5, 0.6) is 0 Å². The van der Waals surface area contributed by atoms with Gasteiger partial charge in [-0.2, -0.15) is 8.78 Å². The quantitative estimate of drug-likeness (QED) is 0.570. The molecule has 0 amide bonds. The van der Waals surface area contributed by atoms with Crippen LogP contribution in [0.2, 0.25) is 0 Å². The van der Waals surface area contributed by atoms with Crippen LogP contribution in [0.4, 0.5) is 25.8 Å². The van der Waals surface area contributed by atoms with Gasteiger partial charge in [0.1, 0.15) is 5.69 Å². The Hall–Kier alpha value is -2.75. The minimum atomic E-state index is -4.61. The zero-order valence-electron chi connectivity index (χ0n) is 14.2. The Bertz CT molecular complexity index is 927. The molecule has 2 aromatic carbocycles. The number of benzene rings is 2. The van der Waals surface area contributed by atoms with E-state index in [9.17, 15) is 27.3 Å². The first-order valence-corrected chi connectivity index (χ1v) is 9.71. The van der Waals surface area contributed by atoms with Gasteiger partial charge in [0.15, 0.2) is 0 Å². The molecule has 27 heavy (non-hydrogen) atoms. The number of halogens is 2. The van der Waals surface area contributed by atoms with Crippen LogP contribution in [0.15, 0.2) is 53.4 Å². The van der Waals surface area contributed by atoms with E-state index >= 15 is 0 Å². The third-order valence-electron chi connectivity index (χ3n) is 4.46. The lowest BCUT2D eigenvalue weighted by atomic mass is 10.2. The topological polar surface area (TPSA) is 83.8 Å². The van der Waals surface area contributed by atoms with Gasteiger partial charge in [0.25, 0.3) is 5.69 Å². The molecule has 0 saturated carbocycles. The largest absolute Gasteiger partial charge is 0.368 e. The Labute approximate surface area is 154 Å². The van der Waals surface area contributed by atoms with Gasteiger partial charge in [0.2, 0.25) is 9.84 Å². The second kappa shape index (κ2) is 7.47. The third-order valence-corrected chi connectivity index (χ3v) is 5.86. The molecule has 0 N–H and O–H groups in total. The van der Waals surface area contributed by atoms with Gasteiger partial charge < -0.3 is 9.80 Å². The lowest BCUT2D eigenvalue weighted by Crippen LogP contribution is -2.46. The Kier molecular flexibility index (Phi) is 5.26. The van der Waals surface area contributed by atoms with E-state index in [0.29, 0.717) is 37.6 Å². The van der Waals surface area contributed by atoms with E-state index in [1.165, 1.54) is 30.3 Å². The van der Waals surface area contributed by atoms with Crippen LogP contribution in [0.1, 0.15) is 0 Å². The van der Waals surface area contributed by atoms with Gasteiger partial charge in [-0.1, -0.05) is 12.1 Å². The molecular weight excluding hydrogens is 380 g/mol. The van der Waals surface area contributed by atoms with Crippen LogP contribution in [0, 0.1) is 10.1 Å². The number of sulfone groups is 1. The number of nitrogens with zero attached hydrogens (tertiary/aromatic N) is 3. The highest BCUT2D eigenvalue weighted by Crippen LogP contribution is 2.29. The Balaban J connectivity index is 1.71. The van der Waals surface area contributed by atoms with Crippen molar-refractivity contribution >= 4 is 26.9 Å². The number of nitro benzene ring substituents is 1. The van der Waals surface area contributed by atoms with Crippen molar-refractivity contribution < 1.29 is 22.1 Å². The number of piperazine rings is 1. The van der Waals surface area contributed by atoms with Crippen molar-refractivity contribution in [2.75, 3.05) is 36.0 Å². The van der Waals surface area contributed by atoms with Crippen molar-refractivity contribution in [2.24, 2.45) is 0 Å². The molecule has 1 aliphatic rings. The molecule has 144 valence electrons. The lowest BCUT2D eigenvalue weighted by Gasteiger charge is -2.37. The van der Waals surface area contributed by atoms with Gasteiger partial charge in [-0.25, -0.2) is 8.42 Å². The van der Waals surface area contributed by atoms with Gasteiger partial charge in [-0.05, 0) is 30.3 Å². The van der Waals surface area contributed by atoms with E-state index in [1.807, 2.05) is 9.80 Å². The molecule has 0 unspecified atom stereocenters. The molecule has 0 atom stereocenters. The van der Waals surface area contributed by atoms with E-state index in [1.54, 1.807) is 18.2 Å². The molecule has 1 fully saturated rings. The van der Waals surface area contributed by atoms with E-state index in [0.717, 1.165) is 0 Å². The highest BCUT2D eigenvalue weighted by molar-refractivity contribution is 7.91. The SMILES string of the molecule is O=[N+]([O-])c1ccccc1N1CCN(c2ccc(S(=O)(=O)C(F)F)cc2)CC1. The minimum absolute atomic E-state index is 0.0486. The van der Waals surface area contributed by atoms with Crippen LogP contribution in [-0.4, -0.2) is 45.3 Å². The van der Waals surface area contributed by atoms with E-state index in [-0.39, 0.29) is 5.69 Å². The number of nitro groups is 1. The summed E-state index contributed by atoms with van der Waals surface area (Å²) in [5.74, 6) is -3.45. The molecule has 7 nitrogen and oxygen atoms in total. The molecule has 1 heterocycles. The van der Waals surface area contributed by atoms with Crippen molar-refractivity contribution in [3.63, 3.8) is 0 Å². The third kappa shape index (κ3) is 3.85. The fourth-order valence-electron chi connectivity index (χ4n) is 3.04. The Morgan fingerprint density at radius 2 is 1.48 bits per heavy atom. The van der Waals surface area contributed by atoms with Crippen LogP contribution < -0.4 is 9.80 Å². The van der Waals surface area contributed by atoms with Gasteiger partial charge >= 0.3 is 5.76 Å². The fraction of sp³-hybridized carbons (Fsp3) is 0.294. The molecule has 1 saturated heterocycles. The van der Waals surface area contributed by atoms with Crippen LogP contribution >= 0.6 is 0 Å². The summed E-state index contributed by atoms with van der Waals surface area (Å²) in [6, 6.07) is 11.9. The number of para-hydroxylation sites is 2. The highest BCUT2D eigenvalue weighted by Gasteiger charge is 2.27. The van der Waals surface area contributed by atoms with Crippen molar-refractivity contribution in [3.8, 4) is 0 Å². The first kappa shape index (κ1) is 19.0.